The van der Waals surface area contributed by atoms with Gasteiger partial charge in [0.2, 0.25) is 23.6 Å². The number of H-pyrrole nitrogens is 1. The fraction of sp³-hybridized carbons (Fsp3) is 0.579. The highest BCUT2D eigenvalue weighted by Gasteiger charge is 2.30. The highest BCUT2D eigenvalue weighted by molar-refractivity contribution is 7.98. The second-order valence-electron chi connectivity index (χ2n) is 7.38. The molecule has 34 heavy (non-hydrogen) atoms. The maximum absolute atomic E-state index is 12.9. The molecule has 1 aromatic heterocycles. The van der Waals surface area contributed by atoms with Gasteiger partial charge in [-0.15, -0.1) is 0 Å². The highest BCUT2D eigenvalue weighted by atomic mass is 32.2. The largest absolute Gasteiger partial charge is 0.480 e. The van der Waals surface area contributed by atoms with Crippen molar-refractivity contribution in [3.05, 3.63) is 18.2 Å². The number of aliphatic carboxylic acids is 1. The van der Waals surface area contributed by atoms with Crippen LogP contribution in [0.4, 0.5) is 0 Å². The summed E-state index contributed by atoms with van der Waals surface area (Å²) in [6, 6.07) is -4.96. The number of thioether (sulfide) groups is 1. The molecule has 10 N–H and O–H groups in total. The van der Waals surface area contributed by atoms with E-state index < -0.39 is 60.4 Å². The van der Waals surface area contributed by atoms with Gasteiger partial charge in [0.15, 0.2) is 0 Å². The molecule has 0 aliphatic carbocycles. The number of rotatable bonds is 16. The summed E-state index contributed by atoms with van der Waals surface area (Å²) >= 11 is 1.41. The fourth-order valence-corrected chi connectivity index (χ4v) is 3.25. The van der Waals surface area contributed by atoms with Crippen LogP contribution in [0.1, 0.15) is 25.0 Å². The van der Waals surface area contributed by atoms with Gasteiger partial charge >= 0.3 is 5.97 Å². The number of carboxylic acid groups (broad SMARTS) is 1. The zero-order valence-electron chi connectivity index (χ0n) is 18.7. The third kappa shape index (κ3) is 10.2. The van der Waals surface area contributed by atoms with Gasteiger partial charge < -0.3 is 42.6 Å². The van der Waals surface area contributed by atoms with Crippen LogP contribution in [-0.4, -0.2) is 92.6 Å². The predicted octanol–water partition coefficient (Wildman–Crippen LogP) is -3.17. The highest BCUT2D eigenvalue weighted by Crippen LogP contribution is 2.06. The number of carbonyl (C=O) groups is 5. The van der Waals surface area contributed by atoms with Crippen LogP contribution in [0.25, 0.3) is 0 Å². The molecule has 0 spiro atoms. The Kier molecular flexibility index (Phi) is 12.6. The number of hydrogen-bond acceptors (Lipinski definition) is 9. The zero-order chi connectivity index (χ0) is 25.7. The smallest absolute Gasteiger partial charge is 0.326 e. The summed E-state index contributed by atoms with van der Waals surface area (Å²) < 4.78 is 0. The fourth-order valence-electron chi connectivity index (χ4n) is 2.78. The molecule has 0 saturated heterocycles. The number of aromatic amines is 1. The molecule has 4 atom stereocenters. The number of aromatic nitrogens is 2. The van der Waals surface area contributed by atoms with E-state index in [9.17, 15) is 29.1 Å². The Morgan fingerprint density at radius 3 is 2.15 bits per heavy atom. The van der Waals surface area contributed by atoms with Crippen molar-refractivity contribution in [1.82, 2.24) is 25.9 Å². The maximum Gasteiger partial charge on any atom is 0.326 e. The average molecular weight is 502 g/mol. The van der Waals surface area contributed by atoms with E-state index in [4.69, 9.17) is 16.6 Å². The monoisotopic (exact) mass is 501 g/mol. The molecule has 0 fully saturated rings. The number of nitrogens with one attached hydrogen (secondary N) is 4. The van der Waals surface area contributed by atoms with E-state index in [1.54, 1.807) is 6.26 Å². The van der Waals surface area contributed by atoms with E-state index in [0.29, 0.717) is 11.4 Å². The molecular weight excluding hydrogens is 470 g/mol. The molecule has 0 aromatic carbocycles. The number of nitrogens with two attached hydrogens (primary N) is 2. The molecule has 0 radical (unpaired) electrons. The number of carboxylic acids is 1. The maximum atomic E-state index is 12.9. The van der Waals surface area contributed by atoms with Crippen LogP contribution in [-0.2, 0) is 30.4 Å². The first-order valence-electron chi connectivity index (χ1n) is 10.3. The minimum absolute atomic E-state index is 0.0550. The Labute approximate surface area is 200 Å². The van der Waals surface area contributed by atoms with Crippen molar-refractivity contribution >= 4 is 41.4 Å². The SMILES string of the molecule is CSCCC(NC(=O)C(CCC(N)=O)NC(=O)C(N)CO)C(=O)NC(Cc1cnc[nH]1)C(=O)O. The number of primary amides is 1. The van der Waals surface area contributed by atoms with Crippen molar-refractivity contribution in [1.29, 1.82) is 0 Å². The zero-order valence-corrected chi connectivity index (χ0v) is 19.5. The van der Waals surface area contributed by atoms with Crippen LogP contribution < -0.4 is 27.4 Å². The van der Waals surface area contributed by atoms with Gasteiger partial charge in [0, 0.05) is 24.7 Å². The molecule has 14 nitrogen and oxygen atoms in total. The molecule has 0 aliphatic rings. The number of amides is 4. The van der Waals surface area contributed by atoms with Crippen molar-refractivity contribution in [2.75, 3.05) is 18.6 Å². The van der Waals surface area contributed by atoms with Crippen LogP contribution in [0.15, 0.2) is 12.5 Å². The van der Waals surface area contributed by atoms with Crippen LogP contribution in [0, 0.1) is 0 Å². The Hall–Kier alpha value is -3.17. The summed E-state index contributed by atoms with van der Waals surface area (Å²) in [4.78, 5) is 67.1. The molecule has 15 heteroatoms. The third-order valence-corrected chi connectivity index (χ3v) is 5.33. The number of aliphatic hydroxyl groups is 1. The van der Waals surface area contributed by atoms with Gasteiger partial charge in [0.25, 0.3) is 0 Å². The Balaban J connectivity index is 2.96. The van der Waals surface area contributed by atoms with Crippen molar-refractivity contribution < 1.29 is 34.2 Å². The lowest BCUT2D eigenvalue weighted by Gasteiger charge is -2.25. The van der Waals surface area contributed by atoms with Crippen LogP contribution in [0.2, 0.25) is 0 Å². The molecule has 4 unspecified atom stereocenters. The third-order valence-electron chi connectivity index (χ3n) is 4.68. The predicted molar refractivity (Wildman–Crippen MR) is 122 cm³/mol. The summed E-state index contributed by atoms with van der Waals surface area (Å²) in [5, 5.41) is 25.7. The molecular formula is C19H31N7O7S. The van der Waals surface area contributed by atoms with Gasteiger partial charge in [0.1, 0.15) is 24.2 Å². The first-order chi connectivity index (χ1) is 16.1. The second-order valence-corrected chi connectivity index (χ2v) is 8.36. The van der Waals surface area contributed by atoms with Gasteiger partial charge in [-0.1, -0.05) is 0 Å². The van der Waals surface area contributed by atoms with Crippen molar-refractivity contribution in [2.24, 2.45) is 11.5 Å². The lowest BCUT2D eigenvalue weighted by molar-refractivity contribution is -0.142. The molecule has 1 heterocycles. The summed E-state index contributed by atoms with van der Waals surface area (Å²) in [5.74, 6) is -3.88. The summed E-state index contributed by atoms with van der Waals surface area (Å²) in [6.45, 7) is -0.665. The quantitative estimate of drug-likeness (QED) is 0.113. The van der Waals surface area contributed by atoms with E-state index in [-0.39, 0.29) is 25.7 Å². The van der Waals surface area contributed by atoms with E-state index >= 15 is 0 Å². The first kappa shape index (κ1) is 28.9. The minimum atomic E-state index is -1.29. The van der Waals surface area contributed by atoms with Gasteiger partial charge in [0.05, 0.1) is 12.9 Å². The van der Waals surface area contributed by atoms with E-state index in [0.717, 1.165) is 0 Å². The Morgan fingerprint density at radius 2 is 1.65 bits per heavy atom. The summed E-state index contributed by atoms with van der Waals surface area (Å²) in [7, 11) is 0. The number of hydrogen-bond donors (Lipinski definition) is 8. The Morgan fingerprint density at radius 1 is 1.06 bits per heavy atom. The number of imidazole rings is 1. The number of aliphatic hydroxyl groups excluding tert-OH is 1. The van der Waals surface area contributed by atoms with Gasteiger partial charge in [-0.05, 0) is 24.9 Å². The van der Waals surface area contributed by atoms with Gasteiger partial charge in [-0.25, -0.2) is 9.78 Å². The van der Waals surface area contributed by atoms with E-state index in [1.165, 1.54) is 24.3 Å². The normalized spacial score (nSPS) is 14.3. The number of carbonyl (C=O) groups excluding carboxylic acids is 4. The lowest BCUT2D eigenvalue weighted by Crippen LogP contribution is -2.57. The molecule has 0 bridgehead atoms. The molecule has 190 valence electrons. The van der Waals surface area contributed by atoms with Crippen molar-refractivity contribution in [2.45, 2.75) is 49.9 Å². The van der Waals surface area contributed by atoms with Crippen LogP contribution >= 0.6 is 11.8 Å². The molecule has 4 amide bonds. The second kappa shape index (κ2) is 14.9. The molecule has 1 aromatic rings. The molecule has 0 aliphatic heterocycles. The molecule has 1 rings (SSSR count). The van der Waals surface area contributed by atoms with Crippen LogP contribution in [0.3, 0.4) is 0 Å². The number of nitrogens with zero attached hydrogens (tertiary/aromatic N) is 1. The van der Waals surface area contributed by atoms with Crippen molar-refractivity contribution in [3.8, 4) is 0 Å². The average Bonchev–Trinajstić information content (AvgIpc) is 3.30. The topological polar surface area (TPSA) is 243 Å². The van der Waals surface area contributed by atoms with Crippen molar-refractivity contribution in [3.63, 3.8) is 0 Å². The van der Waals surface area contributed by atoms with Gasteiger partial charge in [-0.3, -0.25) is 19.2 Å². The summed E-state index contributed by atoms with van der Waals surface area (Å²) in [5.41, 5.74) is 11.1. The first-order valence-corrected chi connectivity index (χ1v) is 11.7. The lowest BCUT2D eigenvalue weighted by atomic mass is 10.1. The van der Waals surface area contributed by atoms with E-state index in [1.807, 2.05) is 0 Å². The molecule has 0 saturated carbocycles. The summed E-state index contributed by atoms with van der Waals surface area (Å²) in [6.07, 6.45) is 4.31. The van der Waals surface area contributed by atoms with E-state index in [2.05, 4.69) is 25.9 Å². The minimum Gasteiger partial charge on any atom is -0.480 e. The van der Waals surface area contributed by atoms with Crippen LogP contribution in [0.5, 0.6) is 0 Å². The Bertz CT molecular complexity index is 837. The van der Waals surface area contributed by atoms with Gasteiger partial charge in [-0.2, -0.15) is 11.8 Å². The standard InChI is InChI=1S/C19H31N7O7S/c1-34-5-4-13(18(31)26-14(19(32)33)6-10-7-22-9-23-10)25-17(30)12(2-3-15(21)28)24-16(29)11(20)8-27/h7,9,11-14,27H,2-6,8,20H2,1H3,(H2,21,28)(H,22,23)(H,24,29)(H,25,30)(H,26,31)(H,32,33).